The van der Waals surface area contributed by atoms with Gasteiger partial charge in [-0.1, -0.05) is 173 Å². The molecule has 0 amide bonds. The normalized spacial score (nSPS) is 13.8. The van der Waals surface area contributed by atoms with Crippen LogP contribution in [0.3, 0.4) is 0 Å². The summed E-state index contributed by atoms with van der Waals surface area (Å²) < 4.78 is 11.1. The molecule has 388 valence electrons. The van der Waals surface area contributed by atoms with Crippen LogP contribution in [-0.4, -0.2) is 9.13 Å². The van der Waals surface area contributed by atoms with E-state index in [1.165, 1.54) is 111 Å². The number of hydrogen-bond acceptors (Lipinski definition) is 2. The first-order chi connectivity index (χ1) is 40.2. The molecule has 2 aliphatic carbocycles. The summed E-state index contributed by atoms with van der Waals surface area (Å²) in [4.78, 5) is 2.48. The first-order valence-electron chi connectivity index (χ1n) is 28.6. The number of benzene rings is 12. The van der Waals surface area contributed by atoms with E-state index < -0.39 is 0 Å². The highest BCUT2D eigenvalue weighted by Gasteiger charge is 2.39. The summed E-state index contributed by atoms with van der Waals surface area (Å²) in [7, 11) is 0. The lowest BCUT2D eigenvalue weighted by atomic mass is 9.81. The minimum Gasteiger partial charge on any atom is -0.456 e. The van der Waals surface area contributed by atoms with Crippen LogP contribution in [0.1, 0.15) is 49.9 Å². The van der Waals surface area contributed by atoms with Crippen LogP contribution in [0.2, 0.25) is 0 Å². The summed E-state index contributed by atoms with van der Waals surface area (Å²) in [5.41, 5.74) is 27.1. The van der Waals surface area contributed by atoms with Crippen LogP contribution in [0.5, 0.6) is 0 Å². The molecular formula is C78H55N3O. The Kier molecular flexibility index (Phi) is 9.79. The maximum atomic E-state index is 6.24. The summed E-state index contributed by atoms with van der Waals surface area (Å²) in [5, 5.41) is 7.32. The fourth-order valence-electron chi connectivity index (χ4n) is 14.4. The summed E-state index contributed by atoms with van der Waals surface area (Å²) in [6.45, 7) is 9.62. The SMILES string of the molecule is CC1(C)c2cc(-c3ccc4c(c3)c3ccccc3n4-c3ccccc3)ccc2-c2ccc(N(c3ccc(-c4ccc5oc6ccccc6c5c4)cc3)c3ccc4c(c3)C(C)(C)c3cc(-n5c6ccccc6c6ccccc65)ccc3-4)cc21. The van der Waals surface area contributed by atoms with Gasteiger partial charge in [-0.2, -0.15) is 0 Å². The average molecular weight is 1050 g/mol. The van der Waals surface area contributed by atoms with Gasteiger partial charge in [0.25, 0.3) is 0 Å². The summed E-state index contributed by atoms with van der Waals surface area (Å²) in [6, 6.07) is 96.7. The zero-order chi connectivity index (χ0) is 54.6. The molecule has 15 aromatic rings. The van der Waals surface area contributed by atoms with Crippen molar-refractivity contribution in [3.8, 4) is 55.9 Å². The van der Waals surface area contributed by atoms with Crippen molar-refractivity contribution >= 4 is 82.6 Å². The highest BCUT2D eigenvalue weighted by Crippen LogP contribution is 2.55. The molecule has 4 heteroatoms. The van der Waals surface area contributed by atoms with Gasteiger partial charge in [0, 0.05) is 71.6 Å². The summed E-state index contributed by atoms with van der Waals surface area (Å²) in [6.07, 6.45) is 0. The fraction of sp³-hybridized carbons (Fsp3) is 0.0769. The quantitative estimate of drug-likeness (QED) is 0.159. The highest BCUT2D eigenvalue weighted by molar-refractivity contribution is 6.12. The summed E-state index contributed by atoms with van der Waals surface area (Å²) in [5.74, 6) is 0. The van der Waals surface area contributed by atoms with Crippen molar-refractivity contribution in [2.24, 2.45) is 0 Å². The van der Waals surface area contributed by atoms with Gasteiger partial charge >= 0.3 is 0 Å². The third kappa shape index (κ3) is 6.73. The fourth-order valence-corrected chi connectivity index (χ4v) is 14.4. The largest absolute Gasteiger partial charge is 0.456 e. The van der Waals surface area contributed by atoms with Crippen molar-refractivity contribution in [2.75, 3.05) is 4.90 Å². The minimum absolute atomic E-state index is 0.273. The Bertz CT molecular complexity index is 5110. The number of anilines is 3. The van der Waals surface area contributed by atoms with Gasteiger partial charge in [-0.25, -0.2) is 0 Å². The van der Waals surface area contributed by atoms with Crippen molar-refractivity contribution in [1.29, 1.82) is 0 Å². The Morgan fingerprint density at radius 3 is 1.34 bits per heavy atom. The molecule has 12 aromatic carbocycles. The van der Waals surface area contributed by atoms with Crippen LogP contribution in [-0.2, 0) is 10.8 Å². The maximum absolute atomic E-state index is 6.24. The standard InChI is InChI=1S/C78H55N3O/c1-77(2)67-44-51(50-29-40-74-65(42-50)63-20-10-14-24-73(63)80(74)52-16-6-5-7-17-52)28-36-57(67)58-37-33-54(45-68(58)77)79(53-31-26-48(27-32-53)49-30-41-76-66(43-49)64-21-11-15-25-75(64)82-76)55-34-38-59-60-39-35-56(47-70(60)78(3,4)69(59)46-55)81-71-22-12-8-18-61(71)62-19-9-13-23-72(62)81/h5-47H,1-4H3. The van der Waals surface area contributed by atoms with E-state index in [0.29, 0.717) is 0 Å². The van der Waals surface area contributed by atoms with Gasteiger partial charge in [0.1, 0.15) is 11.2 Å². The third-order valence-electron chi connectivity index (χ3n) is 18.5. The zero-order valence-corrected chi connectivity index (χ0v) is 46.1. The smallest absolute Gasteiger partial charge is 0.135 e. The van der Waals surface area contributed by atoms with Gasteiger partial charge in [0.2, 0.25) is 0 Å². The number of hydrogen-bond donors (Lipinski definition) is 0. The molecule has 0 N–H and O–H groups in total. The van der Waals surface area contributed by atoms with Crippen LogP contribution in [0.15, 0.2) is 265 Å². The van der Waals surface area contributed by atoms with Crippen molar-refractivity contribution in [1.82, 2.24) is 9.13 Å². The first kappa shape index (κ1) is 46.7. The van der Waals surface area contributed by atoms with E-state index in [9.17, 15) is 0 Å². The molecule has 0 bridgehead atoms. The Hall–Kier alpha value is -10.2. The van der Waals surface area contributed by atoms with Gasteiger partial charge in [-0.05, 0) is 182 Å². The van der Waals surface area contributed by atoms with E-state index in [1.54, 1.807) is 0 Å². The molecule has 4 nitrogen and oxygen atoms in total. The zero-order valence-electron chi connectivity index (χ0n) is 46.1. The molecule has 3 aromatic heterocycles. The van der Waals surface area contributed by atoms with Crippen LogP contribution >= 0.6 is 0 Å². The number of rotatable bonds is 7. The highest BCUT2D eigenvalue weighted by atomic mass is 16.3. The van der Waals surface area contributed by atoms with E-state index in [1.807, 2.05) is 12.1 Å². The Balaban J connectivity index is 0.770. The van der Waals surface area contributed by atoms with Gasteiger partial charge < -0.3 is 18.5 Å². The van der Waals surface area contributed by atoms with Crippen molar-refractivity contribution in [3.05, 3.63) is 283 Å². The molecule has 0 unspecified atom stereocenters. The second-order valence-electron chi connectivity index (χ2n) is 23.7. The molecule has 0 atom stereocenters. The van der Waals surface area contributed by atoms with E-state index in [4.69, 9.17) is 4.42 Å². The molecule has 3 heterocycles. The molecule has 82 heavy (non-hydrogen) atoms. The van der Waals surface area contributed by atoms with E-state index in [0.717, 1.165) is 50.1 Å². The lowest BCUT2D eigenvalue weighted by molar-refractivity contribution is 0.659. The van der Waals surface area contributed by atoms with Gasteiger partial charge in [-0.3, -0.25) is 0 Å². The van der Waals surface area contributed by atoms with Crippen LogP contribution in [0.25, 0.3) is 121 Å². The van der Waals surface area contributed by atoms with Crippen LogP contribution < -0.4 is 4.90 Å². The molecule has 0 fully saturated rings. The van der Waals surface area contributed by atoms with Crippen molar-refractivity contribution in [3.63, 3.8) is 0 Å². The Labute approximate surface area is 476 Å². The van der Waals surface area contributed by atoms with E-state index >= 15 is 0 Å². The van der Waals surface area contributed by atoms with Gasteiger partial charge in [0.15, 0.2) is 0 Å². The predicted molar refractivity (Wildman–Crippen MR) is 343 cm³/mol. The number of nitrogens with zero attached hydrogens (tertiary/aromatic N) is 3. The van der Waals surface area contributed by atoms with Gasteiger partial charge in [0.05, 0.1) is 22.1 Å². The molecule has 0 aliphatic heterocycles. The molecule has 0 saturated heterocycles. The van der Waals surface area contributed by atoms with Crippen LogP contribution in [0, 0.1) is 0 Å². The molecule has 0 radical (unpaired) electrons. The third-order valence-corrected chi connectivity index (χ3v) is 18.5. The number of aromatic nitrogens is 2. The summed E-state index contributed by atoms with van der Waals surface area (Å²) >= 11 is 0. The topological polar surface area (TPSA) is 26.2 Å². The maximum Gasteiger partial charge on any atom is 0.135 e. The molecular weight excluding hydrogens is 995 g/mol. The van der Waals surface area contributed by atoms with Crippen molar-refractivity contribution < 1.29 is 4.42 Å². The average Bonchev–Trinajstić information content (AvgIpc) is 4.34. The monoisotopic (exact) mass is 1050 g/mol. The van der Waals surface area contributed by atoms with E-state index in [2.05, 4.69) is 290 Å². The minimum atomic E-state index is -0.274. The molecule has 0 spiro atoms. The Morgan fingerprint density at radius 1 is 0.280 bits per heavy atom. The number of para-hydroxylation sites is 5. The second kappa shape index (κ2) is 17.2. The molecule has 17 rings (SSSR count). The lowest BCUT2D eigenvalue weighted by Gasteiger charge is -2.30. The predicted octanol–water partition coefficient (Wildman–Crippen LogP) is 21.2. The Morgan fingerprint density at radius 2 is 0.695 bits per heavy atom. The molecule has 2 aliphatic rings. The number of fused-ring (bicyclic) bond motifs is 15. The van der Waals surface area contributed by atoms with Crippen molar-refractivity contribution in [2.45, 2.75) is 38.5 Å². The number of furan rings is 1. The van der Waals surface area contributed by atoms with Gasteiger partial charge in [-0.15, -0.1) is 0 Å². The first-order valence-corrected chi connectivity index (χ1v) is 28.6. The lowest BCUT2D eigenvalue weighted by Crippen LogP contribution is -2.18. The molecule has 0 saturated carbocycles. The van der Waals surface area contributed by atoms with Crippen LogP contribution in [0.4, 0.5) is 17.1 Å². The van der Waals surface area contributed by atoms with E-state index in [-0.39, 0.29) is 10.8 Å². The second-order valence-corrected chi connectivity index (χ2v) is 23.7.